The Morgan fingerprint density at radius 2 is 2.08 bits per heavy atom. The van der Waals surface area contributed by atoms with Crippen LogP contribution in [0.25, 0.3) is 10.4 Å². The van der Waals surface area contributed by atoms with Gasteiger partial charge in [0.15, 0.2) is 11.5 Å². The Hall–Kier alpha value is -2.50. The predicted molar refractivity (Wildman–Crippen MR) is 104 cm³/mol. The van der Waals surface area contributed by atoms with Crippen LogP contribution in [0.4, 0.5) is 0 Å². The quantitative estimate of drug-likeness (QED) is 0.736. The molecule has 0 aliphatic carbocycles. The average Bonchev–Trinajstić information content (AvgIpc) is 3.11. The summed E-state index contributed by atoms with van der Waals surface area (Å²) in [7, 11) is 1.70. The minimum Gasteiger partial charge on any atom is -0.504 e. The van der Waals surface area contributed by atoms with Gasteiger partial charge in [0.05, 0.1) is 7.11 Å². The molecule has 2 aromatic carbocycles. The Kier molecular flexibility index (Phi) is 4.82. The Morgan fingerprint density at radius 3 is 2.88 bits per heavy atom. The highest BCUT2D eigenvalue weighted by atomic mass is 32.1. The van der Waals surface area contributed by atoms with Gasteiger partial charge in [0, 0.05) is 35.6 Å². The van der Waals surface area contributed by atoms with Gasteiger partial charge in [-0.15, -0.1) is 11.3 Å². The minimum atomic E-state index is 0.213. The van der Waals surface area contributed by atoms with E-state index in [1.165, 1.54) is 0 Å². The first kappa shape index (κ1) is 16.9. The van der Waals surface area contributed by atoms with Gasteiger partial charge in [-0.2, -0.15) is 0 Å². The van der Waals surface area contributed by atoms with Crippen molar-refractivity contribution in [3.8, 4) is 27.7 Å². The number of benzene rings is 2. The molecule has 134 valence electrons. The second kappa shape index (κ2) is 7.40. The lowest BCUT2D eigenvalue weighted by molar-refractivity contribution is 0.215. The molecule has 0 saturated carbocycles. The summed E-state index contributed by atoms with van der Waals surface area (Å²) in [6.45, 7) is 2.84. The van der Waals surface area contributed by atoms with Crippen LogP contribution in [0.15, 0.2) is 53.9 Å². The highest BCUT2D eigenvalue weighted by Crippen LogP contribution is 2.39. The van der Waals surface area contributed by atoms with E-state index in [1.54, 1.807) is 24.5 Å². The van der Waals surface area contributed by atoms with Gasteiger partial charge < -0.3 is 14.6 Å². The van der Waals surface area contributed by atoms with Crippen LogP contribution in [0.1, 0.15) is 11.1 Å². The zero-order valence-electron chi connectivity index (χ0n) is 14.6. The Labute approximate surface area is 157 Å². The molecule has 0 bridgehead atoms. The molecule has 5 heteroatoms. The third-order valence-corrected chi connectivity index (χ3v) is 5.51. The smallest absolute Gasteiger partial charge is 0.165 e. The number of hydrogen-bond acceptors (Lipinski definition) is 5. The van der Waals surface area contributed by atoms with E-state index < -0.39 is 0 Å². The average molecular weight is 367 g/mol. The molecule has 0 amide bonds. The molecule has 2 heterocycles. The van der Waals surface area contributed by atoms with Crippen LogP contribution in [-0.4, -0.2) is 30.3 Å². The number of para-hydroxylation sites is 1. The van der Waals surface area contributed by atoms with Crippen LogP contribution in [0.2, 0.25) is 0 Å². The summed E-state index contributed by atoms with van der Waals surface area (Å²) in [6, 6.07) is 16.1. The van der Waals surface area contributed by atoms with Gasteiger partial charge in [-0.3, -0.25) is 4.90 Å². The SMILES string of the molecule is COc1ccccc1CN1CCOc2c(O)cc(-c3cccs3)cc2C1. The zero-order valence-corrected chi connectivity index (χ0v) is 15.5. The molecule has 0 fully saturated rings. The molecule has 0 atom stereocenters. The molecule has 3 aromatic rings. The Bertz CT molecular complexity index is 892. The summed E-state index contributed by atoms with van der Waals surface area (Å²) in [4.78, 5) is 3.46. The third kappa shape index (κ3) is 3.41. The maximum atomic E-state index is 10.5. The van der Waals surface area contributed by atoms with Crippen LogP contribution in [0.5, 0.6) is 17.2 Å². The van der Waals surface area contributed by atoms with E-state index in [-0.39, 0.29) is 5.75 Å². The molecule has 0 radical (unpaired) electrons. The molecule has 4 nitrogen and oxygen atoms in total. The van der Waals surface area contributed by atoms with Gasteiger partial charge >= 0.3 is 0 Å². The fraction of sp³-hybridized carbons (Fsp3) is 0.238. The number of hydrogen-bond donors (Lipinski definition) is 1. The van der Waals surface area contributed by atoms with E-state index >= 15 is 0 Å². The standard InChI is InChI=1S/C21H21NO3S/c1-24-19-6-3-2-5-15(19)13-22-8-9-25-21-17(14-22)11-16(12-18(21)23)20-7-4-10-26-20/h2-7,10-12,23H,8-9,13-14H2,1H3. The topological polar surface area (TPSA) is 41.9 Å². The first-order chi connectivity index (χ1) is 12.7. The minimum absolute atomic E-state index is 0.213. The molecule has 0 spiro atoms. The summed E-state index contributed by atoms with van der Waals surface area (Å²) < 4.78 is 11.3. The van der Waals surface area contributed by atoms with Crippen LogP contribution in [-0.2, 0) is 13.1 Å². The normalized spacial score (nSPS) is 14.3. The molecule has 0 unspecified atom stereocenters. The van der Waals surface area contributed by atoms with Crippen molar-refractivity contribution in [3.63, 3.8) is 0 Å². The van der Waals surface area contributed by atoms with Gasteiger partial charge in [0.1, 0.15) is 12.4 Å². The summed E-state index contributed by atoms with van der Waals surface area (Å²) in [5, 5.41) is 12.5. The number of ether oxygens (including phenoxy) is 2. The van der Waals surface area contributed by atoms with E-state index in [1.807, 2.05) is 29.6 Å². The second-order valence-electron chi connectivity index (χ2n) is 6.33. The van der Waals surface area contributed by atoms with Crippen LogP contribution in [0.3, 0.4) is 0 Å². The molecular weight excluding hydrogens is 346 g/mol. The molecule has 1 aromatic heterocycles. The number of aromatic hydroxyl groups is 1. The molecule has 4 rings (SSSR count). The van der Waals surface area contributed by atoms with Crippen molar-refractivity contribution in [2.24, 2.45) is 0 Å². The van der Waals surface area contributed by atoms with Crippen molar-refractivity contribution in [3.05, 3.63) is 65.0 Å². The third-order valence-electron chi connectivity index (χ3n) is 4.59. The summed E-state index contributed by atoms with van der Waals surface area (Å²) in [5.41, 5.74) is 3.19. The van der Waals surface area contributed by atoms with E-state index in [4.69, 9.17) is 9.47 Å². The van der Waals surface area contributed by atoms with Gasteiger partial charge in [-0.1, -0.05) is 24.3 Å². The van der Waals surface area contributed by atoms with E-state index in [9.17, 15) is 5.11 Å². The van der Waals surface area contributed by atoms with Crippen molar-refractivity contribution >= 4 is 11.3 Å². The van der Waals surface area contributed by atoms with Gasteiger partial charge in [-0.25, -0.2) is 0 Å². The molecule has 26 heavy (non-hydrogen) atoms. The lowest BCUT2D eigenvalue weighted by Crippen LogP contribution is -2.25. The monoisotopic (exact) mass is 367 g/mol. The maximum Gasteiger partial charge on any atom is 0.165 e. The number of methoxy groups -OCH3 is 1. The molecule has 1 N–H and O–H groups in total. The zero-order chi connectivity index (χ0) is 17.9. The second-order valence-corrected chi connectivity index (χ2v) is 7.28. The van der Waals surface area contributed by atoms with Crippen molar-refractivity contribution in [2.75, 3.05) is 20.3 Å². The van der Waals surface area contributed by atoms with E-state index in [0.717, 1.165) is 47.0 Å². The van der Waals surface area contributed by atoms with Crippen LogP contribution < -0.4 is 9.47 Å². The van der Waals surface area contributed by atoms with Crippen LogP contribution in [0, 0.1) is 0 Å². The highest BCUT2D eigenvalue weighted by Gasteiger charge is 2.21. The maximum absolute atomic E-state index is 10.5. The molecule has 0 saturated heterocycles. The van der Waals surface area contributed by atoms with Crippen molar-refractivity contribution in [1.29, 1.82) is 0 Å². The van der Waals surface area contributed by atoms with Crippen molar-refractivity contribution < 1.29 is 14.6 Å². The molecule has 1 aliphatic rings. The molecular formula is C21H21NO3S. The number of phenolic OH excluding ortho intramolecular Hbond substituents is 1. The largest absolute Gasteiger partial charge is 0.504 e. The number of rotatable bonds is 4. The lowest BCUT2D eigenvalue weighted by atomic mass is 10.1. The first-order valence-corrected chi connectivity index (χ1v) is 9.49. The highest BCUT2D eigenvalue weighted by molar-refractivity contribution is 7.13. The molecule has 1 aliphatic heterocycles. The van der Waals surface area contributed by atoms with Gasteiger partial charge in [0.25, 0.3) is 0 Å². The van der Waals surface area contributed by atoms with Gasteiger partial charge in [-0.05, 0) is 35.2 Å². The summed E-state index contributed by atoms with van der Waals surface area (Å²) in [6.07, 6.45) is 0. The van der Waals surface area contributed by atoms with E-state index in [0.29, 0.717) is 12.4 Å². The Morgan fingerprint density at radius 1 is 1.19 bits per heavy atom. The fourth-order valence-electron chi connectivity index (χ4n) is 3.35. The first-order valence-electron chi connectivity index (χ1n) is 8.61. The predicted octanol–water partition coefficient (Wildman–Crippen LogP) is 4.52. The van der Waals surface area contributed by atoms with Gasteiger partial charge in [0.2, 0.25) is 0 Å². The van der Waals surface area contributed by atoms with Crippen LogP contribution >= 0.6 is 11.3 Å². The summed E-state index contributed by atoms with van der Waals surface area (Å²) >= 11 is 1.67. The lowest BCUT2D eigenvalue weighted by Gasteiger charge is -2.21. The van der Waals surface area contributed by atoms with Crippen molar-refractivity contribution in [1.82, 2.24) is 4.90 Å². The fourth-order valence-corrected chi connectivity index (χ4v) is 4.06. The number of thiophene rings is 1. The van der Waals surface area contributed by atoms with Crippen molar-refractivity contribution in [2.45, 2.75) is 13.1 Å². The number of nitrogens with zero attached hydrogens (tertiary/aromatic N) is 1. The number of fused-ring (bicyclic) bond motifs is 1. The number of phenols is 1. The Balaban J connectivity index is 1.63. The van der Waals surface area contributed by atoms with E-state index in [2.05, 4.69) is 23.1 Å². The summed E-state index contributed by atoms with van der Waals surface area (Å²) in [5.74, 6) is 1.71.